The van der Waals surface area contributed by atoms with Crippen molar-refractivity contribution in [2.75, 3.05) is 0 Å². The largest absolute Gasteiger partial charge is 0.481 e. The highest BCUT2D eigenvalue weighted by Crippen LogP contribution is 2.67. The maximum atomic E-state index is 12.1. The molecule has 2 saturated carbocycles. The number of rotatable bonds is 3. The average Bonchev–Trinajstić information content (AvgIpc) is 2.61. The number of carboxylic acids is 1. The Bertz CT molecular complexity index is 657. The molecule has 0 aromatic heterocycles. The van der Waals surface area contributed by atoms with Crippen LogP contribution in [-0.4, -0.2) is 33.6 Å². The normalized spacial score (nSPS) is 47.7. The number of aliphatic carboxylic acids is 1. The topological polar surface area (TPSA) is 85.2 Å². The first kappa shape index (κ1) is 18.4. The summed E-state index contributed by atoms with van der Waals surface area (Å²) < 4.78 is 0. The smallest absolute Gasteiger partial charge is 0.309 e. The van der Waals surface area contributed by atoms with Crippen LogP contribution in [0.25, 0.3) is 0 Å². The zero-order valence-corrected chi connectivity index (χ0v) is 16.1. The summed E-state index contributed by atoms with van der Waals surface area (Å²) in [4.78, 5) is 28.4. The predicted molar refractivity (Wildman–Crippen MR) is 93.1 cm³/mol. The van der Waals surface area contributed by atoms with E-state index >= 15 is 0 Å². The lowest BCUT2D eigenvalue weighted by atomic mass is 9.43. The minimum atomic E-state index is -0.827. The van der Waals surface area contributed by atoms with E-state index in [1.165, 1.54) is 0 Å². The summed E-state index contributed by atoms with van der Waals surface area (Å²) in [5.41, 5.74) is -1.24. The van der Waals surface area contributed by atoms with Crippen molar-refractivity contribution >= 4 is 5.97 Å². The lowest BCUT2D eigenvalue weighted by Crippen LogP contribution is -2.65. The molecule has 0 radical (unpaired) electrons. The van der Waals surface area contributed by atoms with Crippen molar-refractivity contribution in [1.29, 1.82) is 0 Å². The molecule has 26 heavy (non-hydrogen) atoms. The van der Waals surface area contributed by atoms with Crippen LogP contribution in [0.5, 0.6) is 0 Å². The van der Waals surface area contributed by atoms with Crippen molar-refractivity contribution in [2.45, 2.75) is 83.5 Å². The van der Waals surface area contributed by atoms with Gasteiger partial charge in [0.1, 0.15) is 17.3 Å². The van der Waals surface area contributed by atoms with Crippen LogP contribution >= 0.6 is 0 Å². The fraction of sp³-hybridized carbons (Fsp3) is 0.850. The molecule has 0 aromatic rings. The molecule has 0 aromatic carbocycles. The Labute approximate surface area is 154 Å². The number of carboxylic acid groups (broad SMARTS) is 1. The van der Waals surface area contributed by atoms with Crippen LogP contribution in [0, 0.1) is 22.7 Å². The van der Waals surface area contributed by atoms with Gasteiger partial charge in [-0.25, -0.2) is 14.7 Å². The van der Waals surface area contributed by atoms with Crippen LogP contribution in [0.15, 0.2) is 11.6 Å². The zero-order valence-electron chi connectivity index (χ0n) is 16.1. The Balaban J connectivity index is 1.76. The Kier molecular flexibility index (Phi) is 3.92. The van der Waals surface area contributed by atoms with Crippen molar-refractivity contribution in [3.63, 3.8) is 0 Å². The maximum absolute atomic E-state index is 12.1. The van der Waals surface area contributed by atoms with E-state index in [9.17, 15) is 15.2 Å². The molecule has 1 saturated heterocycles. The molecule has 6 nitrogen and oxygen atoms in total. The second kappa shape index (κ2) is 5.53. The van der Waals surface area contributed by atoms with E-state index in [1.807, 2.05) is 20.8 Å². The highest BCUT2D eigenvalue weighted by Gasteiger charge is 2.67. The standard InChI is InChI=1S/C20H30O6/c1-17(2,25-23)12-11-20-9-6-14-18(3,15(20)10-13(12)24-26-20)7-5-8-19(14,4)16(21)22/h11,13-15,23H,5-10H2,1-4H3,(H,21,22)/t13-,14+,15+,18-,19-,20-/m0/s1. The maximum Gasteiger partial charge on any atom is 0.309 e. The lowest BCUT2D eigenvalue weighted by Gasteiger charge is -2.65. The van der Waals surface area contributed by atoms with E-state index in [1.54, 1.807) is 0 Å². The van der Waals surface area contributed by atoms with E-state index in [-0.39, 0.29) is 23.4 Å². The van der Waals surface area contributed by atoms with Gasteiger partial charge in [-0.2, -0.15) is 0 Å². The van der Waals surface area contributed by atoms with E-state index in [4.69, 9.17) is 14.7 Å². The van der Waals surface area contributed by atoms with Gasteiger partial charge < -0.3 is 5.11 Å². The summed E-state index contributed by atoms with van der Waals surface area (Å²) in [6.07, 6.45) is 6.85. The van der Waals surface area contributed by atoms with Crippen molar-refractivity contribution < 1.29 is 29.8 Å². The Morgan fingerprint density at radius 3 is 2.65 bits per heavy atom. The van der Waals surface area contributed by atoms with Crippen LogP contribution in [-0.2, 0) is 19.5 Å². The van der Waals surface area contributed by atoms with Gasteiger partial charge in [-0.1, -0.05) is 13.3 Å². The van der Waals surface area contributed by atoms with Crippen LogP contribution in [0.2, 0.25) is 0 Å². The molecule has 146 valence electrons. The quantitative estimate of drug-likeness (QED) is 0.447. The van der Waals surface area contributed by atoms with Crippen LogP contribution < -0.4 is 0 Å². The summed E-state index contributed by atoms with van der Waals surface area (Å²) in [6.45, 7) is 7.83. The minimum Gasteiger partial charge on any atom is -0.481 e. The predicted octanol–water partition coefficient (Wildman–Crippen LogP) is 3.96. The average molecular weight is 366 g/mol. The summed E-state index contributed by atoms with van der Waals surface area (Å²) in [5, 5.41) is 19.3. The number of hydrogen-bond acceptors (Lipinski definition) is 5. The van der Waals surface area contributed by atoms with Gasteiger partial charge >= 0.3 is 5.97 Å². The molecule has 3 aliphatic carbocycles. The van der Waals surface area contributed by atoms with Gasteiger partial charge in [0.05, 0.1) is 5.41 Å². The van der Waals surface area contributed by atoms with Gasteiger partial charge in [0.2, 0.25) is 0 Å². The zero-order chi connectivity index (χ0) is 19.0. The van der Waals surface area contributed by atoms with Crippen molar-refractivity contribution in [3.05, 3.63) is 11.6 Å². The van der Waals surface area contributed by atoms with Crippen LogP contribution in [0.4, 0.5) is 0 Å². The number of fused-ring (bicyclic) bond motifs is 2. The highest BCUT2D eigenvalue weighted by atomic mass is 17.2. The first-order chi connectivity index (χ1) is 12.1. The molecule has 2 aliphatic heterocycles. The summed E-state index contributed by atoms with van der Waals surface area (Å²) in [5.74, 6) is -0.322. The monoisotopic (exact) mass is 366 g/mol. The van der Waals surface area contributed by atoms with Crippen molar-refractivity contribution in [3.8, 4) is 0 Å². The molecular formula is C20H30O6. The molecule has 0 unspecified atom stereocenters. The van der Waals surface area contributed by atoms with Crippen molar-refractivity contribution in [2.24, 2.45) is 22.7 Å². The van der Waals surface area contributed by atoms with Crippen LogP contribution in [0.1, 0.15) is 66.2 Å². The first-order valence-electron chi connectivity index (χ1n) is 9.73. The lowest BCUT2D eigenvalue weighted by molar-refractivity contribution is -0.438. The molecule has 2 N–H and O–H groups in total. The van der Waals surface area contributed by atoms with Gasteiger partial charge in [-0.15, -0.1) is 0 Å². The summed E-state index contributed by atoms with van der Waals surface area (Å²) >= 11 is 0. The minimum absolute atomic E-state index is 0.0993. The molecule has 0 amide bonds. The van der Waals surface area contributed by atoms with Gasteiger partial charge in [-0.3, -0.25) is 10.1 Å². The third-order valence-electron chi connectivity index (χ3n) is 8.11. The number of carbonyl (C=O) groups is 1. The fourth-order valence-electron chi connectivity index (χ4n) is 6.65. The van der Waals surface area contributed by atoms with E-state index in [2.05, 4.69) is 13.0 Å². The third-order valence-corrected chi connectivity index (χ3v) is 8.11. The fourth-order valence-corrected chi connectivity index (χ4v) is 6.65. The summed E-state index contributed by atoms with van der Waals surface area (Å²) in [6, 6.07) is 0. The SMILES string of the molecule is CC(C)(OO)C1=C[C@@]23CC[C@@H]4[C@](C)(CCC[C@]4(C)C(=O)O)[C@H]2C[C@@H]1OO3. The van der Waals surface area contributed by atoms with E-state index < -0.39 is 22.6 Å². The van der Waals surface area contributed by atoms with Crippen LogP contribution in [0.3, 0.4) is 0 Å². The molecule has 6 atom stereocenters. The second-order valence-electron chi connectivity index (χ2n) is 9.79. The van der Waals surface area contributed by atoms with Gasteiger partial charge in [0, 0.05) is 5.92 Å². The Morgan fingerprint density at radius 2 is 2.00 bits per heavy atom. The van der Waals surface area contributed by atoms with E-state index in [0.717, 1.165) is 44.1 Å². The number of hydrogen-bond donors (Lipinski definition) is 2. The molecule has 6 heteroatoms. The molecule has 1 spiro atoms. The highest BCUT2D eigenvalue weighted by molar-refractivity contribution is 5.75. The second-order valence-corrected chi connectivity index (χ2v) is 9.79. The van der Waals surface area contributed by atoms with E-state index in [0.29, 0.717) is 0 Å². The Hall–Kier alpha value is -0.950. The van der Waals surface area contributed by atoms with Gasteiger partial charge in [0.15, 0.2) is 0 Å². The summed E-state index contributed by atoms with van der Waals surface area (Å²) in [7, 11) is 0. The molecular weight excluding hydrogens is 336 g/mol. The Morgan fingerprint density at radius 1 is 1.27 bits per heavy atom. The molecule has 5 rings (SSSR count). The van der Waals surface area contributed by atoms with Crippen molar-refractivity contribution in [1.82, 2.24) is 0 Å². The first-order valence-corrected chi connectivity index (χ1v) is 9.73. The molecule has 5 aliphatic rings. The molecule has 2 bridgehead atoms. The molecule has 3 fully saturated rings. The van der Waals surface area contributed by atoms with Gasteiger partial charge in [-0.05, 0) is 75.9 Å². The third kappa shape index (κ3) is 2.22. The molecule has 2 heterocycles. The van der Waals surface area contributed by atoms with Gasteiger partial charge in [0.25, 0.3) is 0 Å².